The van der Waals surface area contributed by atoms with Crippen molar-refractivity contribution in [2.75, 3.05) is 13.2 Å². The lowest BCUT2D eigenvalue weighted by Gasteiger charge is -2.05. The molecule has 0 aromatic carbocycles. The van der Waals surface area contributed by atoms with Crippen molar-refractivity contribution in [1.82, 2.24) is 0 Å². The van der Waals surface area contributed by atoms with Crippen molar-refractivity contribution in [3.8, 4) is 0 Å². The predicted octanol–water partition coefficient (Wildman–Crippen LogP) is -0.709. The smallest absolute Gasteiger partial charge is 0.325 e. The molecule has 0 rings (SSSR count). The Morgan fingerprint density at radius 2 is 2.30 bits per heavy atom. The Labute approximate surface area is 65.8 Å². The third-order valence-corrected chi connectivity index (χ3v) is 0.786. The van der Waals surface area contributed by atoms with E-state index in [0.717, 1.165) is 0 Å². The monoisotopic (exact) mass is 169 g/mol. The molecule has 0 spiro atoms. The highest BCUT2D eigenvalue weighted by molar-refractivity contribution is 5.85. The predicted molar refractivity (Wildman–Crippen MR) is 38.9 cm³/mol. The van der Waals surface area contributed by atoms with Gasteiger partial charge in [0.1, 0.15) is 6.04 Å². The largest absolute Gasteiger partial charge is 0.465 e. The highest BCUT2D eigenvalue weighted by Crippen LogP contribution is 1.82. The second-order valence-corrected chi connectivity index (χ2v) is 1.54. The number of nitrogens with two attached hydrogens (primary N) is 1. The van der Waals surface area contributed by atoms with Gasteiger partial charge < -0.3 is 15.6 Å². The molecular weight excluding hydrogens is 158 g/mol. The molecule has 0 radical (unpaired) electrons. The standard InChI is InChI=1S/C5H11NO3.ClH/c1-2-9-5(8)4(6)3-7;/h4,7H,2-3,6H2,1H3;1H/t4-;/m1./s1. The highest BCUT2D eigenvalue weighted by Gasteiger charge is 2.11. The fourth-order valence-electron chi connectivity index (χ4n) is 0.324. The van der Waals surface area contributed by atoms with E-state index < -0.39 is 12.0 Å². The maximum atomic E-state index is 10.5. The van der Waals surface area contributed by atoms with Crippen LogP contribution in [0.3, 0.4) is 0 Å². The molecular formula is C5H12ClNO3. The first-order valence-electron chi connectivity index (χ1n) is 2.75. The molecule has 62 valence electrons. The van der Waals surface area contributed by atoms with Crippen LogP contribution in [-0.2, 0) is 9.53 Å². The SMILES string of the molecule is CCOC(=O)[C@H](N)CO.Cl. The van der Waals surface area contributed by atoms with Gasteiger partial charge in [-0.1, -0.05) is 0 Å². The van der Waals surface area contributed by atoms with Gasteiger partial charge in [-0.2, -0.15) is 0 Å². The molecule has 0 aromatic rings. The molecule has 0 aliphatic carbocycles. The molecule has 3 N–H and O–H groups in total. The number of ether oxygens (including phenoxy) is 1. The quantitative estimate of drug-likeness (QED) is 0.548. The Morgan fingerprint density at radius 1 is 1.80 bits per heavy atom. The molecule has 0 aromatic heterocycles. The van der Waals surface area contributed by atoms with Gasteiger partial charge >= 0.3 is 5.97 Å². The van der Waals surface area contributed by atoms with E-state index >= 15 is 0 Å². The number of hydrogen-bond acceptors (Lipinski definition) is 4. The average molecular weight is 170 g/mol. The number of hydrogen-bond donors (Lipinski definition) is 2. The summed E-state index contributed by atoms with van der Waals surface area (Å²) in [5.74, 6) is -0.556. The fourth-order valence-corrected chi connectivity index (χ4v) is 0.324. The molecule has 1 atom stereocenters. The molecule has 10 heavy (non-hydrogen) atoms. The molecule has 0 aliphatic rings. The molecule has 0 heterocycles. The second kappa shape index (κ2) is 6.80. The number of carbonyl (C=O) groups excluding carboxylic acids is 1. The lowest BCUT2D eigenvalue weighted by Crippen LogP contribution is -2.35. The summed E-state index contributed by atoms with van der Waals surface area (Å²) in [7, 11) is 0. The van der Waals surface area contributed by atoms with Crippen molar-refractivity contribution in [3.63, 3.8) is 0 Å². The zero-order chi connectivity index (χ0) is 7.28. The van der Waals surface area contributed by atoms with E-state index in [0.29, 0.717) is 6.61 Å². The van der Waals surface area contributed by atoms with Crippen LogP contribution in [0.2, 0.25) is 0 Å². The summed E-state index contributed by atoms with van der Waals surface area (Å²) in [5.41, 5.74) is 5.08. The first-order valence-corrected chi connectivity index (χ1v) is 2.75. The van der Waals surface area contributed by atoms with Crippen molar-refractivity contribution < 1.29 is 14.6 Å². The zero-order valence-electron chi connectivity index (χ0n) is 5.74. The van der Waals surface area contributed by atoms with E-state index in [4.69, 9.17) is 10.8 Å². The first kappa shape index (κ1) is 12.4. The molecule has 4 nitrogen and oxygen atoms in total. The van der Waals surface area contributed by atoms with E-state index in [9.17, 15) is 4.79 Å². The number of esters is 1. The summed E-state index contributed by atoms with van der Waals surface area (Å²) in [6.45, 7) is 1.62. The van der Waals surface area contributed by atoms with Crippen molar-refractivity contribution in [1.29, 1.82) is 0 Å². The van der Waals surface area contributed by atoms with Gasteiger partial charge in [0.15, 0.2) is 0 Å². The highest BCUT2D eigenvalue weighted by atomic mass is 35.5. The third kappa shape index (κ3) is 4.55. The maximum Gasteiger partial charge on any atom is 0.325 e. The average Bonchev–Trinajstić information content (AvgIpc) is 1.87. The van der Waals surface area contributed by atoms with Crippen LogP contribution in [0.4, 0.5) is 0 Å². The molecule has 0 saturated carbocycles. The Morgan fingerprint density at radius 3 is 2.60 bits per heavy atom. The second-order valence-electron chi connectivity index (χ2n) is 1.54. The minimum Gasteiger partial charge on any atom is -0.465 e. The summed E-state index contributed by atoms with van der Waals surface area (Å²) in [6, 6.07) is -0.884. The van der Waals surface area contributed by atoms with Crippen LogP contribution in [0.25, 0.3) is 0 Å². The van der Waals surface area contributed by atoms with Crippen LogP contribution < -0.4 is 5.73 Å². The molecule has 0 unspecified atom stereocenters. The van der Waals surface area contributed by atoms with Crippen LogP contribution in [0.1, 0.15) is 6.92 Å². The van der Waals surface area contributed by atoms with Crippen molar-refractivity contribution in [2.45, 2.75) is 13.0 Å². The lowest BCUT2D eigenvalue weighted by molar-refractivity contribution is -0.145. The summed E-state index contributed by atoms with van der Waals surface area (Å²) >= 11 is 0. The molecule has 0 bridgehead atoms. The Balaban J connectivity index is 0. The van der Waals surface area contributed by atoms with Gasteiger partial charge in [0, 0.05) is 0 Å². The normalized spacial score (nSPS) is 11.5. The van der Waals surface area contributed by atoms with Gasteiger partial charge in [-0.3, -0.25) is 4.79 Å². The van der Waals surface area contributed by atoms with Crippen molar-refractivity contribution in [3.05, 3.63) is 0 Å². The summed E-state index contributed by atoms with van der Waals surface area (Å²) in [6.07, 6.45) is 0. The topological polar surface area (TPSA) is 72.5 Å². The number of aliphatic hydroxyl groups is 1. The van der Waals surface area contributed by atoms with Crippen LogP contribution in [0, 0.1) is 0 Å². The number of halogens is 1. The molecule has 0 aliphatic heterocycles. The van der Waals surface area contributed by atoms with Crippen LogP contribution in [0.5, 0.6) is 0 Å². The fraction of sp³-hybridized carbons (Fsp3) is 0.800. The summed E-state index contributed by atoms with van der Waals surface area (Å²) < 4.78 is 4.47. The summed E-state index contributed by atoms with van der Waals surface area (Å²) in [4.78, 5) is 10.5. The minimum atomic E-state index is -0.884. The van der Waals surface area contributed by atoms with Crippen LogP contribution in [0.15, 0.2) is 0 Å². The zero-order valence-corrected chi connectivity index (χ0v) is 6.56. The van der Waals surface area contributed by atoms with E-state index in [2.05, 4.69) is 4.74 Å². The van der Waals surface area contributed by atoms with Gasteiger partial charge in [-0.05, 0) is 6.92 Å². The van der Waals surface area contributed by atoms with E-state index in [-0.39, 0.29) is 19.0 Å². The molecule has 0 fully saturated rings. The van der Waals surface area contributed by atoms with Crippen LogP contribution in [-0.4, -0.2) is 30.3 Å². The maximum absolute atomic E-state index is 10.5. The molecule has 0 saturated heterocycles. The number of aliphatic hydroxyl groups excluding tert-OH is 1. The first-order chi connectivity index (χ1) is 4.22. The Hall–Kier alpha value is -0.320. The van der Waals surface area contributed by atoms with Gasteiger partial charge in [-0.15, -0.1) is 12.4 Å². The van der Waals surface area contributed by atoms with Gasteiger partial charge in [-0.25, -0.2) is 0 Å². The number of rotatable bonds is 3. The van der Waals surface area contributed by atoms with Crippen molar-refractivity contribution in [2.24, 2.45) is 5.73 Å². The third-order valence-electron chi connectivity index (χ3n) is 0.786. The van der Waals surface area contributed by atoms with Gasteiger partial charge in [0.2, 0.25) is 0 Å². The number of carbonyl (C=O) groups is 1. The van der Waals surface area contributed by atoms with E-state index in [1.54, 1.807) is 6.92 Å². The van der Waals surface area contributed by atoms with Gasteiger partial charge in [0.05, 0.1) is 13.2 Å². The lowest BCUT2D eigenvalue weighted by atomic mass is 10.3. The Bertz CT molecular complexity index is 98.9. The van der Waals surface area contributed by atoms with E-state index in [1.165, 1.54) is 0 Å². The van der Waals surface area contributed by atoms with Crippen molar-refractivity contribution >= 4 is 18.4 Å². The Kier molecular flexibility index (Phi) is 8.40. The van der Waals surface area contributed by atoms with Gasteiger partial charge in [0.25, 0.3) is 0 Å². The molecule has 5 heteroatoms. The van der Waals surface area contributed by atoms with E-state index in [1.807, 2.05) is 0 Å². The molecule has 0 amide bonds. The van der Waals surface area contributed by atoms with Crippen LogP contribution >= 0.6 is 12.4 Å². The minimum absolute atomic E-state index is 0. The summed E-state index contributed by atoms with van der Waals surface area (Å²) in [5, 5.41) is 8.31.